The van der Waals surface area contributed by atoms with Gasteiger partial charge in [-0.2, -0.15) is 0 Å². The fourth-order valence-electron chi connectivity index (χ4n) is 1.65. The monoisotopic (exact) mass is 244 g/mol. The molecule has 94 valence electrons. The summed E-state index contributed by atoms with van der Waals surface area (Å²) in [7, 11) is 0. The molecule has 1 amide bonds. The Labute approximate surface area is 105 Å². The molecule has 16 heavy (non-hydrogen) atoms. The maximum atomic E-state index is 11.5. The van der Waals surface area contributed by atoms with Crippen molar-refractivity contribution in [2.45, 2.75) is 66.0 Å². The van der Waals surface area contributed by atoms with Crippen molar-refractivity contribution in [1.29, 1.82) is 0 Å². The van der Waals surface area contributed by atoms with Gasteiger partial charge in [0.2, 0.25) is 5.91 Å². The topological polar surface area (TPSA) is 32.3 Å². The molecular weight excluding hydrogens is 220 g/mol. The maximum Gasteiger partial charge on any atom is 0.226 e. The van der Waals surface area contributed by atoms with Crippen LogP contribution in [0.5, 0.6) is 0 Å². The second-order valence-electron chi connectivity index (χ2n) is 4.55. The van der Waals surface area contributed by atoms with Crippen LogP contribution in [0.4, 0.5) is 0 Å². The van der Waals surface area contributed by atoms with Crippen LogP contribution in [0.1, 0.15) is 53.9 Å². The van der Waals surface area contributed by atoms with E-state index >= 15 is 0 Å². The van der Waals surface area contributed by atoms with Gasteiger partial charge in [0.1, 0.15) is 0 Å². The zero-order valence-corrected chi connectivity index (χ0v) is 11.9. The number of rotatable bonds is 5. The Morgan fingerprint density at radius 2 is 1.75 bits per heavy atom. The first-order valence-electron chi connectivity index (χ1n) is 6.02. The van der Waals surface area contributed by atoms with Crippen molar-refractivity contribution >= 4 is 23.2 Å². The van der Waals surface area contributed by atoms with E-state index in [4.69, 9.17) is 12.2 Å². The van der Waals surface area contributed by atoms with Crippen molar-refractivity contribution in [3.63, 3.8) is 0 Å². The van der Waals surface area contributed by atoms with Gasteiger partial charge in [-0.15, -0.1) is 0 Å². The average molecular weight is 244 g/mol. The van der Waals surface area contributed by atoms with E-state index in [-0.39, 0.29) is 5.91 Å². The van der Waals surface area contributed by atoms with Gasteiger partial charge in [-0.25, -0.2) is 0 Å². The highest BCUT2D eigenvalue weighted by Gasteiger charge is 2.18. The van der Waals surface area contributed by atoms with Crippen molar-refractivity contribution in [2.24, 2.45) is 0 Å². The van der Waals surface area contributed by atoms with E-state index in [0.29, 0.717) is 23.6 Å². The van der Waals surface area contributed by atoms with Crippen LogP contribution in [0.3, 0.4) is 0 Å². The number of nitrogens with zero attached hydrogens (tertiary/aromatic N) is 1. The van der Waals surface area contributed by atoms with Gasteiger partial charge in [0, 0.05) is 18.5 Å². The number of carbonyl (C=O) groups is 1. The summed E-state index contributed by atoms with van der Waals surface area (Å²) in [5, 5.41) is 3.34. The van der Waals surface area contributed by atoms with E-state index in [9.17, 15) is 4.79 Å². The molecule has 1 N–H and O–H groups in total. The normalized spacial score (nSPS) is 10.7. The van der Waals surface area contributed by atoms with Crippen LogP contribution in [0.2, 0.25) is 0 Å². The summed E-state index contributed by atoms with van der Waals surface area (Å²) in [6.45, 7) is 10.4. The predicted octanol–water partition coefficient (Wildman–Crippen LogP) is 2.70. The molecule has 0 fully saturated rings. The lowest BCUT2D eigenvalue weighted by molar-refractivity contribution is -0.119. The quantitative estimate of drug-likeness (QED) is 0.755. The van der Waals surface area contributed by atoms with Gasteiger partial charge in [0.05, 0.1) is 0 Å². The van der Waals surface area contributed by atoms with Crippen LogP contribution in [-0.2, 0) is 4.79 Å². The summed E-state index contributed by atoms with van der Waals surface area (Å²) < 4.78 is 0. The van der Waals surface area contributed by atoms with Crippen molar-refractivity contribution in [1.82, 2.24) is 10.2 Å². The lowest BCUT2D eigenvalue weighted by atomic mass is 10.2. The first kappa shape index (κ1) is 15.4. The number of nitrogens with one attached hydrogen (secondary N) is 1. The van der Waals surface area contributed by atoms with Crippen LogP contribution >= 0.6 is 12.2 Å². The third kappa shape index (κ3) is 5.45. The zero-order chi connectivity index (χ0) is 12.7. The molecule has 0 saturated carbocycles. The van der Waals surface area contributed by atoms with Gasteiger partial charge in [-0.1, -0.05) is 13.3 Å². The SMILES string of the molecule is CCCCC(=O)NC(=S)N(C(C)C)C(C)C. The minimum atomic E-state index is 0.0261. The van der Waals surface area contributed by atoms with Crippen LogP contribution in [0.25, 0.3) is 0 Å². The molecule has 0 aliphatic carbocycles. The molecule has 0 aromatic carbocycles. The highest BCUT2D eigenvalue weighted by atomic mass is 32.1. The smallest absolute Gasteiger partial charge is 0.226 e. The molecule has 0 unspecified atom stereocenters. The van der Waals surface area contributed by atoms with E-state index in [2.05, 4.69) is 39.9 Å². The van der Waals surface area contributed by atoms with Crippen molar-refractivity contribution in [3.05, 3.63) is 0 Å². The molecule has 0 aromatic rings. The standard InChI is InChI=1S/C12H24N2OS/c1-6-7-8-11(15)13-12(16)14(9(2)3)10(4)5/h9-10H,6-8H2,1-5H3,(H,13,15,16). The second-order valence-corrected chi connectivity index (χ2v) is 4.94. The highest BCUT2D eigenvalue weighted by Crippen LogP contribution is 2.05. The summed E-state index contributed by atoms with van der Waals surface area (Å²) in [5.41, 5.74) is 0. The molecule has 0 spiro atoms. The van der Waals surface area contributed by atoms with Crippen LogP contribution < -0.4 is 5.32 Å². The highest BCUT2D eigenvalue weighted by molar-refractivity contribution is 7.80. The van der Waals surface area contributed by atoms with E-state index in [1.54, 1.807) is 0 Å². The summed E-state index contributed by atoms with van der Waals surface area (Å²) in [6, 6.07) is 0.609. The average Bonchev–Trinajstić information content (AvgIpc) is 2.13. The third-order valence-electron chi connectivity index (χ3n) is 2.35. The molecule has 0 aliphatic heterocycles. The Kier molecular flexibility index (Phi) is 7.30. The Bertz CT molecular complexity index is 231. The van der Waals surface area contributed by atoms with Gasteiger partial charge >= 0.3 is 0 Å². The van der Waals surface area contributed by atoms with Gasteiger partial charge in [0.15, 0.2) is 5.11 Å². The molecule has 0 aliphatic rings. The van der Waals surface area contributed by atoms with Gasteiger partial charge < -0.3 is 10.2 Å². The lowest BCUT2D eigenvalue weighted by Gasteiger charge is -2.33. The third-order valence-corrected chi connectivity index (χ3v) is 2.66. The molecule has 0 radical (unpaired) electrons. The summed E-state index contributed by atoms with van der Waals surface area (Å²) in [4.78, 5) is 13.6. The van der Waals surface area contributed by atoms with E-state index in [1.165, 1.54) is 0 Å². The Morgan fingerprint density at radius 3 is 2.12 bits per heavy atom. The van der Waals surface area contributed by atoms with Crippen LogP contribution in [0.15, 0.2) is 0 Å². The predicted molar refractivity (Wildman–Crippen MR) is 72.4 cm³/mol. The van der Waals surface area contributed by atoms with Gasteiger partial charge in [0.25, 0.3) is 0 Å². The number of amides is 1. The largest absolute Gasteiger partial charge is 0.344 e. The Balaban J connectivity index is 4.26. The molecular formula is C12H24N2OS. The molecule has 0 aromatic heterocycles. The number of unbranched alkanes of at least 4 members (excludes halogenated alkanes) is 1. The first-order valence-corrected chi connectivity index (χ1v) is 6.43. The molecule has 3 nitrogen and oxygen atoms in total. The van der Waals surface area contributed by atoms with Crippen LogP contribution in [0, 0.1) is 0 Å². The summed E-state index contributed by atoms with van der Waals surface area (Å²) in [5.74, 6) is 0.0261. The van der Waals surface area contributed by atoms with Gasteiger partial charge in [-0.3, -0.25) is 4.79 Å². The van der Waals surface area contributed by atoms with E-state index in [0.717, 1.165) is 12.8 Å². The molecule has 0 atom stereocenters. The number of hydrogen-bond donors (Lipinski definition) is 1. The maximum absolute atomic E-state index is 11.5. The fraction of sp³-hybridized carbons (Fsp3) is 0.833. The fourth-order valence-corrected chi connectivity index (χ4v) is 2.18. The minimum absolute atomic E-state index is 0.0261. The van der Waals surface area contributed by atoms with Gasteiger partial charge in [-0.05, 0) is 46.3 Å². The number of thiocarbonyl (C=S) groups is 1. The van der Waals surface area contributed by atoms with Crippen LogP contribution in [-0.4, -0.2) is 28.0 Å². The molecule has 4 heteroatoms. The molecule has 0 rings (SSSR count). The molecule has 0 bridgehead atoms. The Morgan fingerprint density at radius 1 is 1.25 bits per heavy atom. The first-order chi connectivity index (χ1) is 7.40. The number of hydrogen-bond acceptors (Lipinski definition) is 2. The summed E-state index contributed by atoms with van der Waals surface area (Å²) in [6.07, 6.45) is 2.50. The van der Waals surface area contributed by atoms with Crippen molar-refractivity contribution in [2.75, 3.05) is 0 Å². The molecule has 0 saturated heterocycles. The van der Waals surface area contributed by atoms with E-state index in [1.807, 2.05) is 4.90 Å². The van der Waals surface area contributed by atoms with Crippen molar-refractivity contribution < 1.29 is 4.79 Å². The Hall–Kier alpha value is -0.640. The summed E-state index contributed by atoms with van der Waals surface area (Å²) >= 11 is 5.25. The minimum Gasteiger partial charge on any atom is -0.344 e. The van der Waals surface area contributed by atoms with E-state index < -0.39 is 0 Å². The number of carbonyl (C=O) groups excluding carboxylic acids is 1. The van der Waals surface area contributed by atoms with Crippen molar-refractivity contribution in [3.8, 4) is 0 Å². The molecule has 0 heterocycles. The zero-order valence-electron chi connectivity index (χ0n) is 11.0. The second kappa shape index (κ2) is 7.60. The lowest BCUT2D eigenvalue weighted by Crippen LogP contribution is -2.49.